The summed E-state index contributed by atoms with van der Waals surface area (Å²) in [5.41, 5.74) is 2.22. The lowest BCUT2D eigenvalue weighted by Gasteiger charge is -2.34. The molecule has 2 saturated heterocycles. The standard InChI is InChI=1S/C22H26N4O4S/c1-16-15-31(29,30)26(22(16)28)20-5-3-4-17(14-20)21(27)23-18-6-8-19(9-7-18)25-12-10-24(2)11-13-25/h3-9,14,16H,10-13,15H2,1-2H3,(H,23,27). The van der Waals surface area contributed by atoms with Gasteiger partial charge in [-0.2, -0.15) is 0 Å². The molecule has 2 aromatic carbocycles. The van der Waals surface area contributed by atoms with E-state index in [9.17, 15) is 18.0 Å². The predicted octanol–water partition coefficient (Wildman–Crippen LogP) is 2.00. The van der Waals surface area contributed by atoms with E-state index in [2.05, 4.69) is 22.2 Å². The van der Waals surface area contributed by atoms with Crippen LogP contribution < -0.4 is 14.5 Å². The number of hydrogen-bond acceptors (Lipinski definition) is 6. The molecule has 2 heterocycles. The maximum absolute atomic E-state index is 12.7. The summed E-state index contributed by atoms with van der Waals surface area (Å²) in [7, 11) is -1.60. The van der Waals surface area contributed by atoms with Gasteiger partial charge in [0.1, 0.15) is 0 Å². The third-order valence-corrected chi connectivity index (χ3v) is 7.57. The van der Waals surface area contributed by atoms with Crippen molar-refractivity contribution in [2.75, 3.05) is 53.5 Å². The largest absolute Gasteiger partial charge is 0.369 e. The monoisotopic (exact) mass is 442 g/mol. The number of carbonyl (C=O) groups is 2. The van der Waals surface area contributed by atoms with Crippen LogP contribution in [-0.2, 0) is 14.8 Å². The fraction of sp³-hybridized carbons (Fsp3) is 0.364. The van der Waals surface area contributed by atoms with Crippen LogP contribution in [0.1, 0.15) is 17.3 Å². The van der Waals surface area contributed by atoms with E-state index in [1.807, 2.05) is 24.3 Å². The Labute approximate surface area is 182 Å². The summed E-state index contributed by atoms with van der Waals surface area (Å²) >= 11 is 0. The number of anilines is 3. The Morgan fingerprint density at radius 1 is 1.00 bits per heavy atom. The normalized spacial score (nSPS) is 21.4. The van der Waals surface area contributed by atoms with E-state index in [0.29, 0.717) is 5.69 Å². The highest BCUT2D eigenvalue weighted by Gasteiger charge is 2.42. The Hall–Kier alpha value is -2.91. The van der Waals surface area contributed by atoms with Crippen molar-refractivity contribution in [2.45, 2.75) is 6.92 Å². The Bertz CT molecular complexity index is 1090. The van der Waals surface area contributed by atoms with Gasteiger partial charge in [-0.15, -0.1) is 0 Å². The molecule has 1 N–H and O–H groups in total. The molecule has 0 aromatic heterocycles. The molecule has 2 amide bonds. The minimum absolute atomic E-state index is 0.187. The first kappa shape index (κ1) is 21.3. The molecule has 0 spiro atoms. The van der Waals surface area contributed by atoms with Crippen molar-refractivity contribution in [1.29, 1.82) is 0 Å². The molecule has 2 aliphatic heterocycles. The van der Waals surface area contributed by atoms with Crippen LogP contribution in [0.4, 0.5) is 17.1 Å². The number of hydrogen-bond donors (Lipinski definition) is 1. The molecule has 2 fully saturated rings. The van der Waals surface area contributed by atoms with Gasteiger partial charge >= 0.3 is 0 Å². The van der Waals surface area contributed by atoms with Gasteiger partial charge < -0.3 is 15.1 Å². The highest BCUT2D eigenvalue weighted by atomic mass is 32.2. The first-order valence-corrected chi connectivity index (χ1v) is 11.9. The third-order valence-electron chi connectivity index (χ3n) is 5.70. The zero-order chi connectivity index (χ0) is 22.2. The summed E-state index contributed by atoms with van der Waals surface area (Å²) in [5.74, 6) is -1.66. The van der Waals surface area contributed by atoms with Gasteiger partial charge in [0.05, 0.1) is 17.4 Å². The molecule has 1 atom stereocenters. The second-order valence-electron chi connectivity index (χ2n) is 8.12. The number of carbonyl (C=O) groups excluding carboxylic acids is 2. The van der Waals surface area contributed by atoms with Gasteiger partial charge in [0.25, 0.3) is 5.91 Å². The average Bonchev–Trinajstić information content (AvgIpc) is 2.95. The Kier molecular flexibility index (Phi) is 5.72. The second-order valence-corrected chi connectivity index (χ2v) is 9.99. The van der Waals surface area contributed by atoms with Crippen LogP contribution in [0.15, 0.2) is 48.5 Å². The molecule has 0 radical (unpaired) electrons. The van der Waals surface area contributed by atoms with E-state index in [1.165, 1.54) is 12.1 Å². The van der Waals surface area contributed by atoms with Crippen molar-refractivity contribution in [2.24, 2.45) is 5.92 Å². The summed E-state index contributed by atoms with van der Waals surface area (Å²) in [4.78, 5) is 29.6. The fourth-order valence-corrected chi connectivity index (χ4v) is 5.70. The van der Waals surface area contributed by atoms with Crippen LogP contribution in [0.5, 0.6) is 0 Å². The molecular weight excluding hydrogens is 416 g/mol. The number of sulfonamides is 1. The van der Waals surface area contributed by atoms with Crippen LogP contribution in [0.25, 0.3) is 0 Å². The molecule has 164 valence electrons. The molecule has 2 aliphatic rings. The number of benzene rings is 2. The number of nitrogens with zero attached hydrogens (tertiary/aromatic N) is 3. The zero-order valence-electron chi connectivity index (χ0n) is 17.6. The fourth-order valence-electron chi connectivity index (χ4n) is 3.88. The van der Waals surface area contributed by atoms with E-state index in [-0.39, 0.29) is 22.9 Å². The second kappa shape index (κ2) is 8.32. The highest BCUT2D eigenvalue weighted by Crippen LogP contribution is 2.29. The topological polar surface area (TPSA) is 90.0 Å². The highest BCUT2D eigenvalue weighted by molar-refractivity contribution is 7.94. The van der Waals surface area contributed by atoms with Crippen LogP contribution in [0, 0.1) is 5.92 Å². The van der Waals surface area contributed by atoms with Gasteiger partial charge in [0.2, 0.25) is 15.9 Å². The summed E-state index contributed by atoms with van der Waals surface area (Å²) < 4.78 is 25.5. The van der Waals surface area contributed by atoms with Gasteiger partial charge in [-0.1, -0.05) is 13.0 Å². The van der Waals surface area contributed by atoms with Gasteiger partial charge in [-0.3, -0.25) is 9.59 Å². The summed E-state index contributed by atoms with van der Waals surface area (Å²) in [6.07, 6.45) is 0. The molecule has 4 rings (SSSR count). The minimum Gasteiger partial charge on any atom is -0.369 e. The zero-order valence-corrected chi connectivity index (χ0v) is 18.4. The smallest absolute Gasteiger partial charge is 0.255 e. The van der Waals surface area contributed by atoms with Gasteiger partial charge in [-0.25, -0.2) is 12.7 Å². The molecule has 1 unspecified atom stereocenters. The van der Waals surface area contributed by atoms with E-state index < -0.39 is 21.8 Å². The number of amides is 2. The lowest BCUT2D eigenvalue weighted by atomic mass is 10.1. The predicted molar refractivity (Wildman–Crippen MR) is 121 cm³/mol. The van der Waals surface area contributed by atoms with Crippen LogP contribution in [0.2, 0.25) is 0 Å². The average molecular weight is 443 g/mol. The lowest BCUT2D eigenvalue weighted by Crippen LogP contribution is -2.44. The molecule has 0 aliphatic carbocycles. The molecule has 0 bridgehead atoms. The van der Waals surface area contributed by atoms with Crippen molar-refractivity contribution in [3.8, 4) is 0 Å². The van der Waals surface area contributed by atoms with Crippen LogP contribution in [-0.4, -0.2) is 64.1 Å². The van der Waals surface area contributed by atoms with Gasteiger partial charge in [0, 0.05) is 43.1 Å². The number of likely N-dealkylation sites (N-methyl/N-ethyl adjacent to an activating group) is 1. The Morgan fingerprint density at radius 3 is 2.29 bits per heavy atom. The summed E-state index contributed by atoms with van der Waals surface area (Å²) in [6, 6.07) is 13.8. The molecule has 9 heteroatoms. The minimum atomic E-state index is -3.71. The van der Waals surface area contributed by atoms with Crippen LogP contribution in [0.3, 0.4) is 0 Å². The van der Waals surface area contributed by atoms with E-state index in [4.69, 9.17) is 0 Å². The van der Waals surface area contributed by atoms with Gasteiger partial charge in [-0.05, 0) is 49.5 Å². The van der Waals surface area contributed by atoms with Crippen molar-refractivity contribution in [1.82, 2.24) is 4.90 Å². The Morgan fingerprint density at radius 2 is 1.68 bits per heavy atom. The van der Waals surface area contributed by atoms with E-state index >= 15 is 0 Å². The van der Waals surface area contributed by atoms with E-state index in [0.717, 1.165) is 36.2 Å². The molecular formula is C22H26N4O4S. The third kappa shape index (κ3) is 4.42. The molecule has 8 nitrogen and oxygen atoms in total. The molecule has 2 aromatic rings. The number of piperazine rings is 1. The van der Waals surface area contributed by atoms with Gasteiger partial charge in [0.15, 0.2) is 0 Å². The number of nitrogens with one attached hydrogen (secondary N) is 1. The van der Waals surface area contributed by atoms with Crippen molar-refractivity contribution in [3.63, 3.8) is 0 Å². The van der Waals surface area contributed by atoms with Crippen molar-refractivity contribution >= 4 is 38.9 Å². The first-order chi connectivity index (χ1) is 14.7. The van der Waals surface area contributed by atoms with Crippen LogP contribution >= 0.6 is 0 Å². The SMILES string of the molecule is CC1CS(=O)(=O)N(c2cccc(C(=O)Nc3ccc(N4CCN(C)CC4)cc3)c2)C1=O. The maximum Gasteiger partial charge on any atom is 0.255 e. The van der Waals surface area contributed by atoms with Crippen molar-refractivity contribution in [3.05, 3.63) is 54.1 Å². The molecule has 31 heavy (non-hydrogen) atoms. The maximum atomic E-state index is 12.7. The van der Waals surface area contributed by atoms with Crippen molar-refractivity contribution < 1.29 is 18.0 Å². The summed E-state index contributed by atoms with van der Waals surface area (Å²) in [6.45, 7) is 5.55. The summed E-state index contributed by atoms with van der Waals surface area (Å²) in [5, 5.41) is 2.84. The Balaban J connectivity index is 1.47. The van der Waals surface area contributed by atoms with E-state index in [1.54, 1.807) is 19.1 Å². The molecule has 0 saturated carbocycles. The quantitative estimate of drug-likeness (QED) is 0.779. The first-order valence-electron chi connectivity index (χ1n) is 10.3. The lowest BCUT2D eigenvalue weighted by molar-refractivity contribution is -0.119. The number of rotatable bonds is 4.